The summed E-state index contributed by atoms with van der Waals surface area (Å²) in [6.45, 7) is 0.867. The minimum Gasteiger partial charge on any atom is -0.459 e. The molecule has 12 heteroatoms. The van der Waals surface area contributed by atoms with Gasteiger partial charge in [-0.05, 0) is 49.2 Å². The summed E-state index contributed by atoms with van der Waals surface area (Å²) in [6, 6.07) is 9.34. The normalized spacial score (nSPS) is 16.5. The van der Waals surface area contributed by atoms with Crippen molar-refractivity contribution in [1.82, 2.24) is 15.5 Å². The monoisotopic (exact) mass is 512 g/mol. The lowest BCUT2D eigenvalue weighted by molar-refractivity contribution is -0.139. The molecular formula is C19H21BrN4O6S. The summed E-state index contributed by atoms with van der Waals surface area (Å²) in [5, 5.41) is 6.15. The Hall–Kier alpha value is -2.54. The molecule has 3 N–H and O–H groups in total. The quantitative estimate of drug-likeness (QED) is 0.276. The fraction of sp³-hybridized carbons (Fsp3) is 0.316. The molecular weight excluding hydrogens is 492 g/mol. The Balaban J connectivity index is 1.44. The summed E-state index contributed by atoms with van der Waals surface area (Å²) in [6.07, 6.45) is 2.93. The lowest BCUT2D eigenvalue weighted by Gasteiger charge is -2.09. The third kappa shape index (κ3) is 6.99. The molecule has 166 valence electrons. The first-order valence-electron chi connectivity index (χ1n) is 9.40. The van der Waals surface area contributed by atoms with Crippen molar-refractivity contribution in [1.29, 1.82) is 0 Å². The molecule has 31 heavy (non-hydrogen) atoms. The fourth-order valence-electron chi connectivity index (χ4n) is 2.72. The highest BCUT2D eigenvalue weighted by molar-refractivity contribution is 9.10. The zero-order chi connectivity index (χ0) is 22.3. The maximum Gasteiger partial charge on any atom is 0.329 e. The van der Waals surface area contributed by atoms with E-state index in [1.54, 1.807) is 24.3 Å². The van der Waals surface area contributed by atoms with Crippen LogP contribution in [-0.2, 0) is 30.9 Å². The van der Waals surface area contributed by atoms with Gasteiger partial charge in [-0.25, -0.2) is 18.6 Å². The van der Waals surface area contributed by atoms with Gasteiger partial charge >= 0.3 is 11.8 Å². The Bertz CT molecular complexity index is 1050. The standard InChI is InChI=1S/C19H21BrN4O6S/c20-13-3-7-17(8-4-13)31(27,28)23-12-16-6-5-15(30-16)11-22-24-19(26)18(25)21-10-14-2-1-9-29-14/h3-8,11,14,23H,1-2,9-10,12H2,(H,21,25)(H,24,26)/b22-11+/t14-/m1/s1. The van der Waals surface area contributed by atoms with E-state index in [9.17, 15) is 18.0 Å². The van der Waals surface area contributed by atoms with Gasteiger partial charge in [-0.1, -0.05) is 15.9 Å². The molecule has 10 nitrogen and oxygen atoms in total. The molecule has 1 aromatic heterocycles. The molecule has 0 bridgehead atoms. The van der Waals surface area contributed by atoms with E-state index in [2.05, 4.69) is 36.5 Å². The van der Waals surface area contributed by atoms with Crippen LogP contribution in [0.25, 0.3) is 0 Å². The van der Waals surface area contributed by atoms with Crippen LogP contribution >= 0.6 is 15.9 Å². The van der Waals surface area contributed by atoms with Crippen LogP contribution in [-0.4, -0.2) is 45.7 Å². The molecule has 1 aliphatic heterocycles. The van der Waals surface area contributed by atoms with Crippen LogP contribution in [0.5, 0.6) is 0 Å². The summed E-state index contributed by atoms with van der Waals surface area (Å²) in [5.74, 6) is -1.10. The third-order valence-electron chi connectivity index (χ3n) is 4.32. The second kappa shape index (κ2) is 10.7. The van der Waals surface area contributed by atoms with Gasteiger partial charge in [0.25, 0.3) is 0 Å². The predicted molar refractivity (Wildman–Crippen MR) is 115 cm³/mol. The number of halogens is 1. The van der Waals surface area contributed by atoms with Gasteiger partial charge in [-0.2, -0.15) is 5.10 Å². The number of benzene rings is 1. The van der Waals surface area contributed by atoms with Crippen LogP contribution in [0.4, 0.5) is 0 Å². The molecule has 1 aliphatic rings. The van der Waals surface area contributed by atoms with E-state index in [4.69, 9.17) is 9.15 Å². The highest BCUT2D eigenvalue weighted by atomic mass is 79.9. The van der Waals surface area contributed by atoms with Crippen molar-refractivity contribution in [3.63, 3.8) is 0 Å². The zero-order valence-corrected chi connectivity index (χ0v) is 18.7. The minimum absolute atomic E-state index is 0.0652. The Labute approximate surface area is 187 Å². The number of sulfonamides is 1. The van der Waals surface area contributed by atoms with Gasteiger partial charge in [-0.15, -0.1) is 0 Å². The van der Waals surface area contributed by atoms with Gasteiger partial charge in [0.05, 0.1) is 23.8 Å². The molecule has 1 aromatic carbocycles. The number of nitrogens with one attached hydrogen (secondary N) is 3. The number of furan rings is 1. The van der Waals surface area contributed by atoms with Crippen molar-refractivity contribution in [2.75, 3.05) is 13.2 Å². The first-order valence-corrected chi connectivity index (χ1v) is 11.7. The van der Waals surface area contributed by atoms with Gasteiger partial charge in [0.1, 0.15) is 11.5 Å². The van der Waals surface area contributed by atoms with Crippen molar-refractivity contribution < 1.29 is 27.2 Å². The van der Waals surface area contributed by atoms with Crippen LogP contribution in [0, 0.1) is 0 Å². The van der Waals surface area contributed by atoms with Crippen molar-refractivity contribution in [2.45, 2.75) is 30.4 Å². The molecule has 3 rings (SSSR count). The lowest BCUT2D eigenvalue weighted by atomic mass is 10.2. The number of hydrazone groups is 1. The topological polar surface area (TPSA) is 139 Å². The summed E-state index contributed by atoms with van der Waals surface area (Å²) in [5.41, 5.74) is 2.10. The third-order valence-corrected chi connectivity index (χ3v) is 6.27. The molecule has 0 radical (unpaired) electrons. The summed E-state index contributed by atoms with van der Waals surface area (Å²) in [4.78, 5) is 23.6. The van der Waals surface area contributed by atoms with E-state index in [1.165, 1.54) is 18.3 Å². The van der Waals surface area contributed by atoms with Crippen LogP contribution in [0.2, 0.25) is 0 Å². The Morgan fingerprint density at radius 2 is 1.94 bits per heavy atom. The number of amides is 2. The molecule has 0 saturated carbocycles. The Morgan fingerprint density at radius 3 is 2.65 bits per heavy atom. The van der Waals surface area contributed by atoms with E-state index in [0.29, 0.717) is 12.4 Å². The average molecular weight is 513 g/mol. The second-order valence-electron chi connectivity index (χ2n) is 6.63. The molecule has 1 fully saturated rings. The van der Waals surface area contributed by atoms with Crippen LogP contribution in [0.3, 0.4) is 0 Å². The lowest BCUT2D eigenvalue weighted by Crippen LogP contribution is -2.41. The van der Waals surface area contributed by atoms with Gasteiger partial charge in [0.15, 0.2) is 0 Å². The van der Waals surface area contributed by atoms with Crippen LogP contribution in [0.15, 0.2) is 55.3 Å². The van der Waals surface area contributed by atoms with Gasteiger partial charge in [-0.3, -0.25) is 9.59 Å². The molecule has 0 spiro atoms. The van der Waals surface area contributed by atoms with Crippen LogP contribution < -0.4 is 15.5 Å². The first-order chi connectivity index (χ1) is 14.8. The number of hydrogen-bond acceptors (Lipinski definition) is 7. The zero-order valence-electron chi connectivity index (χ0n) is 16.3. The van der Waals surface area contributed by atoms with Crippen molar-refractivity contribution in [3.8, 4) is 0 Å². The Kier molecular flexibility index (Phi) is 7.96. The van der Waals surface area contributed by atoms with Crippen molar-refractivity contribution in [3.05, 3.63) is 52.4 Å². The van der Waals surface area contributed by atoms with Gasteiger partial charge in [0, 0.05) is 17.6 Å². The summed E-state index contributed by atoms with van der Waals surface area (Å²) in [7, 11) is -3.69. The Morgan fingerprint density at radius 1 is 1.16 bits per heavy atom. The first kappa shape index (κ1) is 23.1. The van der Waals surface area contributed by atoms with Gasteiger partial charge in [0.2, 0.25) is 10.0 Å². The highest BCUT2D eigenvalue weighted by Gasteiger charge is 2.19. The molecule has 2 heterocycles. The molecule has 1 atom stereocenters. The van der Waals surface area contributed by atoms with E-state index in [0.717, 1.165) is 17.3 Å². The smallest absolute Gasteiger partial charge is 0.329 e. The molecule has 2 aromatic rings. The minimum atomic E-state index is -3.69. The van der Waals surface area contributed by atoms with E-state index in [1.807, 2.05) is 0 Å². The van der Waals surface area contributed by atoms with Crippen molar-refractivity contribution >= 4 is 44.0 Å². The highest BCUT2D eigenvalue weighted by Crippen LogP contribution is 2.15. The number of nitrogens with zero attached hydrogens (tertiary/aromatic N) is 1. The molecule has 2 amide bonds. The predicted octanol–water partition coefficient (Wildman–Crippen LogP) is 1.27. The number of rotatable bonds is 8. The number of carbonyl (C=O) groups is 2. The van der Waals surface area contributed by atoms with Crippen LogP contribution in [0.1, 0.15) is 24.4 Å². The second-order valence-corrected chi connectivity index (χ2v) is 9.31. The SMILES string of the molecule is O=C(NC[C@H]1CCCO1)C(=O)N/N=C/c1ccc(CNS(=O)(=O)c2ccc(Br)cc2)o1. The van der Waals surface area contributed by atoms with E-state index in [-0.39, 0.29) is 29.8 Å². The molecule has 0 unspecified atom stereocenters. The maximum absolute atomic E-state index is 12.3. The average Bonchev–Trinajstić information content (AvgIpc) is 3.43. The largest absolute Gasteiger partial charge is 0.459 e. The van der Waals surface area contributed by atoms with E-state index >= 15 is 0 Å². The number of carbonyl (C=O) groups excluding carboxylic acids is 2. The summed E-state index contributed by atoms with van der Waals surface area (Å²) >= 11 is 3.25. The van der Waals surface area contributed by atoms with E-state index < -0.39 is 21.8 Å². The number of hydrogen-bond donors (Lipinski definition) is 3. The molecule has 1 saturated heterocycles. The number of ether oxygens (including phenoxy) is 1. The van der Waals surface area contributed by atoms with Gasteiger partial charge < -0.3 is 14.5 Å². The maximum atomic E-state index is 12.3. The van der Waals surface area contributed by atoms with Crippen molar-refractivity contribution in [2.24, 2.45) is 5.10 Å². The summed E-state index contributed by atoms with van der Waals surface area (Å²) < 4.78 is 38.6. The fourth-order valence-corrected chi connectivity index (χ4v) is 3.98. The molecule has 0 aliphatic carbocycles.